The van der Waals surface area contributed by atoms with E-state index in [1.54, 1.807) is 30.3 Å². The van der Waals surface area contributed by atoms with Crippen LogP contribution >= 0.6 is 11.6 Å². The Bertz CT molecular complexity index is 1240. The maximum Gasteiger partial charge on any atom is 0.290 e. The molecule has 2 heterocycles. The van der Waals surface area contributed by atoms with Crippen LogP contribution in [0.15, 0.2) is 58.2 Å². The number of carbonyl (C=O) groups is 2. The topological polar surface area (TPSA) is 100 Å². The molecular weight excluding hydrogens is 434 g/mol. The summed E-state index contributed by atoms with van der Waals surface area (Å²) in [5, 5.41) is 21.3. The van der Waals surface area contributed by atoms with Crippen molar-refractivity contribution in [1.82, 2.24) is 4.90 Å². The second-order valence-corrected chi connectivity index (χ2v) is 7.95. The van der Waals surface area contributed by atoms with Crippen LogP contribution in [0, 0.1) is 0 Å². The highest BCUT2D eigenvalue weighted by Crippen LogP contribution is 2.41. The molecule has 3 aromatic rings. The highest BCUT2D eigenvalue weighted by molar-refractivity contribution is 6.32. The number of aliphatic hydroxyl groups excluding tert-OH is 1. The first kappa shape index (κ1) is 21.8. The van der Waals surface area contributed by atoms with E-state index in [1.165, 1.54) is 24.1 Å². The van der Waals surface area contributed by atoms with Gasteiger partial charge in [-0.2, -0.15) is 0 Å². The molecule has 4 rings (SSSR count). The normalized spacial score (nSPS) is 16.3. The minimum absolute atomic E-state index is 0.0222. The number of amides is 1. The molecule has 0 fully saturated rings. The van der Waals surface area contributed by atoms with E-state index in [9.17, 15) is 19.8 Å². The van der Waals surface area contributed by atoms with Gasteiger partial charge in [0.2, 0.25) is 5.78 Å². The number of furan rings is 1. The zero-order valence-corrected chi connectivity index (χ0v) is 18.3. The lowest BCUT2D eigenvalue weighted by Gasteiger charge is -2.26. The maximum atomic E-state index is 13.5. The van der Waals surface area contributed by atoms with E-state index in [-0.39, 0.29) is 22.1 Å². The molecule has 0 bridgehead atoms. The van der Waals surface area contributed by atoms with Crippen molar-refractivity contribution in [2.24, 2.45) is 0 Å². The van der Waals surface area contributed by atoms with Gasteiger partial charge in [-0.25, -0.2) is 0 Å². The molecule has 0 saturated heterocycles. The van der Waals surface area contributed by atoms with Gasteiger partial charge in [0.15, 0.2) is 22.9 Å². The lowest BCUT2D eigenvalue weighted by atomic mass is 9.94. The van der Waals surface area contributed by atoms with E-state index >= 15 is 0 Å². The first-order valence-electron chi connectivity index (χ1n) is 10.2. The fourth-order valence-electron chi connectivity index (χ4n) is 3.93. The molecule has 0 aliphatic carbocycles. The van der Waals surface area contributed by atoms with Gasteiger partial charge in [0, 0.05) is 11.9 Å². The number of ether oxygens (including phenoxy) is 1. The van der Waals surface area contributed by atoms with Gasteiger partial charge < -0.3 is 24.3 Å². The Hall–Kier alpha value is -3.45. The number of methoxy groups -OCH3 is 1. The number of benzene rings is 2. The smallest absolute Gasteiger partial charge is 0.290 e. The second kappa shape index (κ2) is 8.59. The molecule has 1 amide bonds. The van der Waals surface area contributed by atoms with Crippen molar-refractivity contribution in [2.45, 2.75) is 25.8 Å². The number of para-hydroxylation sites is 1. The number of nitrogens with zero attached hydrogens (tertiary/aromatic N) is 1. The lowest BCUT2D eigenvalue weighted by Crippen LogP contribution is -2.32. The van der Waals surface area contributed by atoms with Crippen LogP contribution < -0.4 is 4.74 Å². The van der Waals surface area contributed by atoms with Gasteiger partial charge in [0.25, 0.3) is 5.91 Å². The molecule has 1 atom stereocenters. The predicted octanol–water partition coefficient (Wildman–Crippen LogP) is 5.18. The Morgan fingerprint density at radius 1 is 1.22 bits per heavy atom. The Balaban J connectivity index is 1.83. The van der Waals surface area contributed by atoms with Gasteiger partial charge in [-0.05, 0) is 36.2 Å². The first-order valence-corrected chi connectivity index (χ1v) is 10.6. The summed E-state index contributed by atoms with van der Waals surface area (Å²) in [7, 11) is 1.50. The van der Waals surface area contributed by atoms with E-state index in [2.05, 4.69) is 0 Å². The molecule has 1 aliphatic heterocycles. The number of rotatable bonds is 7. The van der Waals surface area contributed by atoms with E-state index in [4.69, 9.17) is 20.8 Å². The Labute approximate surface area is 189 Å². The molecule has 0 radical (unpaired) electrons. The Kier molecular flexibility index (Phi) is 5.84. The van der Waals surface area contributed by atoms with Gasteiger partial charge in [0.05, 0.1) is 23.7 Å². The molecule has 1 aliphatic rings. The highest BCUT2D eigenvalue weighted by Gasteiger charge is 2.44. The summed E-state index contributed by atoms with van der Waals surface area (Å²) >= 11 is 6.10. The average molecular weight is 456 g/mol. The number of carbonyl (C=O) groups excluding carboxylic acids is 2. The SMILES string of the molecule is CCCCN1C(=O)C(O)=C(C(=O)c2cc3cccc(OC)c3o2)C1c1ccc(O)c(Cl)c1. The highest BCUT2D eigenvalue weighted by atomic mass is 35.5. The second-order valence-electron chi connectivity index (χ2n) is 7.55. The van der Waals surface area contributed by atoms with Gasteiger partial charge >= 0.3 is 0 Å². The van der Waals surface area contributed by atoms with Crippen molar-refractivity contribution in [1.29, 1.82) is 0 Å². The van der Waals surface area contributed by atoms with Crippen LogP contribution in [-0.2, 0) is 4.79 Å². The van der Waals surface area contributed by atoms with Crippen LogP contribution in [0.2, 0.25) is 5.02 Å². The molecule has 0 saturated carbocycles. The van der Waals surface area contributed by atoms with Gasteiger partial charge in [-0.3, -0.25) is 9.59 Å². The monoisotopic (exact) mass is 455 g/mol. The average Bonchev–Trinajstić information content (AvgIpc) is 3.33. The fraction of sp³-hybridized carbons (Fsp3) is 0.250. The van der Waals surface area contributed by atoms with E-state index < -0.39 is 23.5 Å². The summed E-state index contributed by atoms with van der Waals surface area (Å²) < 4.78 is 11.1. The molecule has 8 heteroatoms. The number of phenolic OH excluding ortho intramolecular Hbond substituents is 1. The fourth-order valence-corrected chi connectivity index (χ4v) is 4.12. The van der Waals surface area contributed by atoms with Crippen LogP contribution in [0.5, 0.6) is 11.5 Å². The molecule has 2 N–H and O–H groups in total. The number of ketones is 1. The zero-order valence-electron chi connectivity index (χ0n) is 17.6. The number of unbranched alkanes of at least 4 members (excludes halogenated alkanes) is 1. The molecule has 1 aromatic heterocycles. The minimum Gasteiger partial charge on any atom is -0.506 e. The van der Waals surface area contributed by atoms with Crippen LogP contribution in [-0.4, -0.2) is 40.5 Å². The number of halogens is 1. The zero-order chi connectivity index (χ0) is 23.0. The summed E-state index contributed by atoms with van der Waals surface area (Å²) in [6, 6.07) is 10.4. The summed E-state index contributed by atoms with van der Waals surface area (Å²) in [4.78, 5) is 27.9. The van der Waals surface area contributed by atoms with Crippen LogP contribution in [0.1, 0.15) is 41.9 Å². The molecule has 0 spiro atoms. The van der Waals surface area contributed by atoms with Crippen LogP contribution in [0.25, 0.3) is 11.0 Å². The number of hydrogen-bond donors (Lipinski definition) is 2. The summed E-state index contributed by atoms with van der Waals surface area (Å²) in [5.41, 5.74) is 0.805. The molecule has 1 unspecified atom stereocenters. The summed E-state index contributed by atoms with van der Waals surface area (Å²) in [5.74, 6) is -1.54. The van der Waals surface area contributed by atoms with Crippen molar-refractivity contribution in [3.05, 3.63) is 70.1 Å². The quantitative estimate of drug-likeness (QED) is 0.476. The molecule has 166 valence electrons. The van der Waals surface area contributed by atoms with Crippen molar-refractivity contribution in [3.8, 4) is 11.5 Å². The number of fused-ring (bicyclic) bond motifs is 1. The first-order chi connectivity index (χ1) is 15.4. The maximum absolute atomic E-state index is 13.5. The van der Waals surface area contributed by atoms with Crippen LogP contribution in [0.4, 0.5) is 0 Å². The standard InChI is InChI=1S/C24H22ClNO6/c1-3-4-10-26-20(13-8-9-16(27)15(25)11-13)19(22(29)24(26)30)21(28)18-12-14-6-5-7-17(31-2)23(14)32-18/h5-9,11-12,20,27,29H,3-4,10H2,1-2H3. The number of Topliss-reactive ketones (excluding diaryl/α,β-unsaturated/α-hetero) is 1. The summed E-state index contributed by atoms with van der Waals surface area (Å²) in [6.45, 7) is 2.32. The minimum atomic E-state index is -0.866. The summed E-state index contributed by atoms with van der Waals surface area (Å²) in [6.07, 6.45) is 1.50. The molecule has 7 nitrogen and oxygen atoms in total. The van der Waals surface area contributed by atoms with E-state index in [1.807, 2.05) is 6.92 Å². The van der Waals surface area contributed by atoms with E-state index in [0.29, 0.717) is 35.2 Å². The third-order valence-electron chi connectivity index (χ3n) is 5.54. The number of aliphatic hydroxyl groups is 1. The van der Waals surface area contributed by atoms with Crippen LogP contribution in [0.3, 0.4) is 0 Å². The largest absolute Gasteiger partial charge is 0.506 e. The van der Waals surface area contributed by atoms with Gasteiger partial charge in [-0.15, -0.1) is 0 Å². The Morgan fingerprint density at radius 2 is 2.00 bits per heavy atom. The number of phenols is 1. The van der Waals surface area contributed by atoms with E-state index in [0.717, 1.165) is 6.42 Å². The van der Waals surface area contributed by atoms with Crippen molar-refractivity contribution in [3.63, 3.8) is 0 Å². The third kappa shape index (κ3) is 3.58. The number of hydrogen-bond acceptors (Lipinski definition) is 6. The molecule has 2 aromatic carbocycles. The predicted molar refractivity (Wildman–Crippen MR) is 119 cm³/mol. The Morgan fingerprint density at radius 3 is 2.69 bits per heavy atom. The van der Waals surface area contributed by atoms with Crippen molar-refractivity contribution in [2.75, 3.05) is 13.7 Å². The molecular formula is C24H22ClNO6. The van der Waals surface area contributed by atoms with Crippen molar-refractivity contribution < 1.29 is 29.0 Å². The molecule has 32 heavy (non-hydrogen) atoms. The number of aromatic hydroxyl groups is 1. The van der Waals surface area contributed by atoms with Gasteiger partial charge in [0.1, 0.15) is 5.75 Å². The van der Waals surface area contributed by atoms with Gasteiger partial charge in [-0.1, -0.05) is 43.1 Å². The lowest BCUT2D eigenvalue weighted by molar-refractivity contribution is -0.129. The van der Waals surface area contributed by atoms with Crippen molar-refractivity contribution >= 4 is 34.3 Å². The third-order valence-corrected chi connectivity index (χ3v) is 5.84.